The largest absolute Gasteiger partial charge is 0.433 e. The van der Waals surface area contributed by atoms with Gasteiger partial charge in [-0.05, 0) is 30.9 Å². The van der Waals surface area contributed by atoms with Crippen molar-refractivity contribution in [3.8, 4) is 11.4 Å². The number of piperidine rings is 1. The summed E-state index contributed by atoms with van der Waals surface area (Å²) in [5, 5.41) is 0. The summed E-state index contributed by atoms with van der Waals surface area (Å²) in [5.74, 6) is 0.0923. The molecule has 0 saturated carbocycles. The molecule has 2 amide bonds. The van der Waals surface area contributed by atoms with E-state index in [0.717, 1.165) is 6.42 Å². The molecule has 2 N–H and O–H groups in total. The number of halogens is 3. The second kappa shape index (κ2) is 9.65. The molecule has 4 rings (SSSR count). The van der Waals surface area contributed by atoms with Crippen LogP contribution in [0.4, 0.5) is 13.2 Å². The summed E-state index contributed by atoms with van der Waals surface area (Å²) in [4.78, 5) is 40.3. The topological polar surface area (TPSA) is 105 Å². The van der Waals surface area contributed by atoms with E-state index in [-0.39, 0.29) is 61.4 Å². The van der Waals surface area contributed by atoms with Crippen LogP contribution in [-0.4, -0.2) is 62.2 Å². The van der Waals surface area contributed by atoms with Crippen LogP contribution in [0.15, 0.2) is 24.5 Å². The third kappa shape index (κ3) is 5.35. The summed E-state index contributed by atoms with van der Waals surface area (Å²) in [6.45, 7) is 3.04. The number of aromatic nitrogens is 3. The van der Waals surface area contributed by atoms with Crippen molar-refractivity contribution in [2.45, 2.75) is 51.4 Å². The molecule has 0 radical (unpaired) electrons. The van der Waals surface area contributed by atoms with Gasteiger partial charge in [0.05, 0.1) is 12.2 Å². The zero-order valence-corrected chi connectivity index (χ0v) is 18.9. The van der Waals surface area contributed by atoms with Crippen LogP contribution < -0.4 is 5.73 Å². The van der Waals surface area contributed by atoms with Gasteiger partial charge in [-0.1, -0.05) is 6.92 Å². The zero-order chi connectivity index (χ0) is 24.5. The smallest absolute Gasteiger partial charge is 0.341 e. The molecule has 1 unspecified atom stereocenters. The summed E-state index contributed by atoms with van der Waals surface area (Å²) < 4.78 is 41.2. The van der Waals surface area contributed by atoms with Crippen LogP contribution in [0.5, 0.6) is 0 Å². The second-order valence-corrected chi connectivity index (χ2v) is 9.03. The average molecular weight is 477 g/mol. The summed E-state index contributed by atoms with van der Waals surface area (Å²) >= 11 is 0. The fourth-order valence-electron chi connectivity index (χ4n) is 4.48. The van der Waals surface area contributed by atoms with Crippen molar-refractivity contribution in [3.05, 3.63) is 41.5 Å². The first-order valence-corrected chi connectivity index (χ1v) is 11.3. The van der Waals surface area contributed by atoms with Gasteiger partial charge in [-0.15, -0.1) is 0 Å². The van der Waals surface area contributed by atoms with Crippen LogP contribution >= 0.6 is 0 Å². The number of hydrogen-bond acceptors (Lipinski definition) is 6. The maximum atomic E-state index is 13.7. The van der Waals surface area contributed by atoms with Gasteiger partial charge in [0.1, 0.15) is 0 Å². The van der Waals surface area contributed by atoms with E-state index in [0.29, 0.717) is 24.4 Å². The normalized spacial score (nSPS) is 19.7. The van der Waals surface area contributed by atoms with Crippen molar-refractivity contribution in [1.29, 1.82) is 0 Å². The third-order valence-electron chi connectivity index (χ3n) is 6.25. The fraction of sp³-hybridized carbons (Fsp3) is 0.522. The Hall–Kier alpha value is -3.08. The molecule has 2 aromatic rings. The number of nitrogens with zero attached hydrogens (tertiary/aromatic N) is 5. The van der Waals surface area contributed by atoms with Gasteiger partial charge in [0, 0.05) is 62.0 Å². The monoisotopic (exact) mass is 476 g/mol. The number of carbonyl (C=O) groups excluding carboxylic acids is 2. The summed E-state index contributed by atoms with van der Waals surface area (Å²) in [5.41, 5.74) is 5.82. The predicted molar refractivity (Wildman–Crippen MR) is 117 cm³/mol. The lowest BCUT2D eigenvalue weighted by molar-refractivity contribution is -0.142. The molecule has 11 heteroatoms. The summed E-state index contributed by atoms with van der Waals surface area (Å²) in [6, 6.07) is 2.52. The molecule has 0 bridgehead atoms. The first kappa shape index (κ1) is 24.1. The van der Waals surface area contributed by atoms with Gasteiger partial charge in [-0.25, -0.2) is 9.97 Å². The SMILES string of the molecule is CC1CCC(=O)N(C[C@@H](N)CC(=O)N2CCc3c(nc(-c4ccncc4)nc3C(F)(F)F)C2)C1. The number of rotatable bonds is 5. The van der Waals surface area contributed by atoms with Gasteiger partial charge < -0.3 is 15.5 Å². The molecule has 2 aliphatic heterocycles. The van der Waals surface area contributed by atoms with E-state index in [2.05, 4.69) is 21.9 Å². The second-order valence-electron chi connectivity index (χ2n) is 9.03. The number of pyridine rings is 1. The Labute approximate surface area is 195 Å². The quantitative estimate of drug-likeness (QED) is 0.711. The minimum atomic E-state index is -4.64. The van der Waals surface area contributed by atoms with Crippen molar-refractivity contribution in [2.24, 2.45) is 11.7 Å². The number of alkyl halides is 3. The molecule has 1 fully saturated rings. The Morgan fingerprint density at radius 3 is 2.68 bits per heavy atom. The Balaban J connectivity index is 1.49. The summed E-state index contributed by atoms with van der Waals surface area (Å²) in [7, 11) is 0. The molecule has 4 heterocycles. The highest BCUT2D eigenvalue weighted by atomic mass is 19.4. The first-order valence-electron chi connectivity index (χ1n) is 11.3. The van der Waals surface area contributed by atoms with Crippen molar-refractivity contribution in [1.82, 2.24) is 24.8 Å². The minimum Gasteiger partial charge on any atom is -0.341 e. The highest BCUT2D eigenvalue weighted by Gasteiger charge is 2.39. The highest BCUT2D eigenvalue weighted by Crippen LogP contribution is 2.35. The van der Waals surface area contributed by atoms with Gasteiger partial charge in [-0.3, -0.25) is 14.6 Å². The van der Waals surface area contributed by atoms with Gasteiger partial charge in [0.15, 0.2) is 11.5 Å². The molecule has 1 saturated heterocycles. The molecule has 2 aromatic heterocycles. The summed E-state index contributed by atoms with van der Waals surface area (Å²) in [6.07, 6.45) is -0.397. The molecule has 182 valence electrons. The molecule has 0 spiro atoms. The van der Waals surface area contributed by atoms with Gasteiger partial charge >= 0.3 is 6.18 Å². The molecular weight excluding hydrogens is 449 g/mol. The van der Waals surface area contributed by atoms with Crippen LogP contribution in [0.3, 0.4) is 0 Å². The van der Waals surface area contributed by atoms with E-state index in [9.17, 15) is 22.8 Å². The van der Waals surface area contributed by atoms with Crippen LogP contribution in [0.2, 0.25) is 0 Å². The molecule has 0 aliphatic carbocycles. The maximum absolute atomic E-state index is 13.7. The number of carbonyl (C=O) groups is 2. The molecule has 8 nitrogen and oxygen atoms in total. The van der Waals surface area contributed by atoms with Crippen molar-refractivity contribution < 1.29 is 22.8 Å². The third-order valence-corrected chi connectivity index (χ3v) is 6.25. The molecule has 0 aromatic carbocycles. The zero-order valence-electron chi connectivity index (χ0n) is 18.9. The van der Waals surface area contributed by atoms with Crippen LogP contribution in [-0.2, 0) is 28.7 Å². The Kier molecular flexibility index (Phi) is 6.83. The Morgan fingerprint density at radius 2 is 1.97 bits per heavy atom. The van der Waals surface area contributed by atoms with E-state index in [1.54, 1.807) is 4.90 Å². The number of fused-ring (bicyclic) bond motifs is 1. The Morgan fingerprint density at radius 1 is 1.24 bits per heavy atom. The van der Waals surface area contributed by atoms with E-state index in [1.165, 1.54) is 29.4 Å². The highest BCUT2D eigenvalue weighted by molar-refractivity contribution is 5.78. The van der Waals surface area contributed by atoms with E-state index >= 15 is 0 Å². The standard InChI is InChI=1S/C23H27F3N6O2/c1-14-2-3-19(33)32(11-14)12-16(27)10-20(34)31-9-6-17-18(13-31)29-22(15-4-7-28-8-5-15)30-21(17)23(24,25)26/h4-5,7-8,14,16H,2-3,6,9-13,27H2,1H3/t14?,16-/m0/s1. The van der Waals surface area contributed by atoms with E-state index < -0.39 is 17.9 Å². The van der Waals surface area contributed by atoms with Gasteiger partial charge in [-0.2, -0.15) is 13.2 Å². The lowest BCUT2D eigenvalue weighted by Crippen LogP contribution is -2.48. The fourth-order valence-corrected chi connectivity index (χ4v) is 4.48. The first-order chi connectivity index (χ1) is 16.1. The van der Waals surface area contributed by atoms with Crippen molar-refractivity contribution in [3.63, 3.8) is 0 Å². The van der Waals surface area contributed by atoms with Crippen molar-refractivity contribution in [2.75, 3.05) is 19.6 Å². The number of nitrogens with two attached hydrogens (primary N) is 1. The van der Waals surface area contributed by atoms with E-state index in [4.69, 9.17) is 5.73 Å². The molecule has 34 heavy (non-hydrogen) atoms. The number of likely N-dealkylation sites (tertiary alicyclic amines) is 1. The minimum absolute atomic E-state index is 0.00190. The molecular formula is C23H27F3N6O2. The lowest BCUT2D eigenvalue weighted by Gasteiger charge is -2.34. The van der Waals surface area contributed by atoms with Crippen LogP contribution in [0.25, 0.3) is 11.4 Å². The van der Waals surface area contributed by atoms with Crippen LogP contribution in [0, 0.1) is 5.92 Å². The maximum Gasteiger partial charge on any atom is 0.433 e. The van der Waals surface area contributed by atoms with Crippen molar-refractivity contribution >= 4 is 11.8 Å². The average Bonchev–Trinajstić information content (AvgIpc) is 2.80. The number of amides is 2. The predicted octanol–water partition coefficient (Wildman–Crippen LogP) is 2.42. The Bertz CT molecular complexity index is 1060. The number of hydrogen-bond donors (Lipinski definition) is 1. The molecule has 2 aliphatic rings. The lowest BCUT2D eigenvalue weighted by atomic mass is 9.98. The van der Waals surface area contributed by atoms with E-state index in [1.807, 2.05) is 0 Å². The van der Waals surface area contributed by atoms with Gasteiger partial charge in [0.2, 0.25) is 11.8 Å². The van der Waals surface area contributed by atoms with Gasteiger partial charge in [0.25, 0.3) is 0 Å². The molecule has 2 atom stereocenters. The van der Waals surface area contributed by atoms with Crippen LogP contribution in [0.1, 0.15) is 43.1 Å².